The molecule has 0 radical (unpaired) electrons. The monoisotopic (exact) mass is 439 g/mol. The number of rotatable bonds is 2. The average Bonchev–Trinajstić information content (AvgIpc) is 3.26. The number of benzene rings is 4. The Morgan fingerprint density at radius 1 is 0.697 bits per heavy atom. The molecule has 0 aliphatic carbocycles. The topological polar surface area (TPSA) is 22.1 Å². The first-order chi connectivity index (χ1) is 16.4. The Hall–Kier alpha value is -3.89. The van der Waals surface area contributed by atoms with Gasteiger partial charge in [0.05, 0.1) is 5.69 Å². The molecule has 0 unspecified atom stereocenters. The molecule has 7 rings (SSSR count). The zero-order valence-corrected chi connectivity index (χ0v) is 18.5. The molecular formula is C29H18BNOS. The summed E-state index contributed by atoms with van der Waals surface area (Å²) in [5, 5.41) is 3.63. The summed E-state index contributed by atoms with van der Waals surface area (Å²) in [6.45, 7) is 0.116. The second kappa shape index (κ2) is 7.33. The van der Waals surface area contributed by atoms with Crippen molar-refractivity contribution in [2.45, 2.75) is 0 Å². The van der Waals surface area contributed by atoms with Gasteiger partial charge in [0.1, 0.15) is 11.5 Å². The van der Waals surface area contributed by atoms with Gasteiger partial charge >= 0.3 is 0 Å². The smallest absolute Gasteiger partial charge is 0.264 e. The van der Waals surface area contributed by atoms with Crippen molar-refractivity contribution in [2.75, 3.05) is 0 Å². The molecule has 33 heavy (non-hydrogen) atoms. The third-order valence-electron chi connectivity index (χ3n) is 6.46. The van der Waals surface area contributed by atoms with Gasteiger partial charge in [0.15, 0.2) is 0 Å². The molecule has 2 nitrogen and oxygen atoms in total. The van der Waals surface area contributed by atoms with Crippen LogP contribution in [0.25, 0.3) is 32.1 Å². The van der Waals surface area contributed by atoms with Crippen LogP contribution in [-0.2, 0) is 0 Å². The third-order valence-corrected chi connectivity index (χ3v) is 7.75. The fourth-order valence-electron chi connectivity index (χ4n) is 5.00. The van der Waals surface area contributed by atoms with Crippen LogP contribution in [0.1, 0.15) is 0 Å². The summed E-state index contributed by atoms with van der Waals surface area (Å²) in [4.78, 5) is 4.63. The minimum atomic E-state index is 0.116. The lowest BCUT2D eigenvalue weighted by Gasteiger charge is -2.26. The maximum Gasteiger partial charge on any atom is 0.264 e. The van der Waals surface area contributed by atoms with E-state index < -0.39 is 0 Å². The highest BCUT2D eigenvalue weighted by Gasteiger charge is 2.37. The zero-order chi connectivity index (χ0) is 21.8. The average molecular weight is 439 g/mol. The fourth-order valence-corrected chi connectivity index (χ4v) is 6.39. The van der Waals surface area contributed by atoms with E-state index in [0.29, 0.717) is 0 Å². The molecule has 0 spiro atoms. The maximum atomic E-state index is 6.67. The SMILES string of the molecule is c1ccc(B2c3sc4c(-c5ccccn5)cccc4c3Oc3ccc4ccccc4c32)cc1. The predicted molar refractivity (Wildman–Crippen MR) is 140 cm³/mol. The molecule has 1 aliphatic rings. The van der Waals surface area contributed by atoms with Gasteiger partial charge in [-0.1, -0.05) is 84.3 Å². The van der Waals surface area contributed by atoms with E-state index in [9.17, 15) is 0 Å². The van der Waals surface area contributed by atoms with E-state index in [-0.39, 0.29) is 6.71 Å². The number of hydrogen-bond donors (Lipinski definition) is 0. The van der Waals surface area contributed by atoms with Crippen molar-refractivity contribution in [3.8, 4) is 22.8 Å². The highest BCUT2D eigenvalue weighted by molar-refractivity contribution is 7.33. The van der Waals surface area contributed by atoms with E-state index in [0.717, 1.165) is 28.1 Å². The van der Waals surface area contributed by atoms with Crippen LogP contribution in [0.3, 0.4) is 0 Å². The summed E-state index contributed by atoms with van der Waals surface area (Å²) in [6, 6.07) is 36.2. The zero-order valence-electron chi connectivity index (χ0n) is 17.7. The van der Waals surface area contributed by atoms with Crippen LogP contribution >= 0.6 is 11.3 Å². The van der Waals surface area contributed by atoms with E-state index in [1.165, 1.54) is 31.2 Å². The lowest BCUT2D eigenvalue weighted by molar-refractivity contribution is 0.495. The Balaban J connectivity index is 1.56. The summed E-state index contributed by atoms with van der Waals surface area (Å²) in [6.07, 6.45) is 1.85. The normalized spacial score (nSPS) is 12.4. The molecule has 4 aromatic carbocycles. The highest BCUT2D eigenvalue weighted by Crippen LogP contribution is 2.41. The van der Waals surface area contributed by atoms with Crippen molar-refractivity contribution in [2.24, 2.45) is 0 Å². The standard InChI is InChI=1S/C29H18BNOS/c1-2-10-20(11-3-1)30-26-21-12-5-4-9-19(21)16-17-25(26)32-27-23-14-8-13-22(28(23)33-29(27)30)24-15-6-7-18-31-24/h1-18H. The van der Waals surface area contributed by atoms with Crippen LogP contribution in [0, 0.1) is 0 Å². The molecule has 2 aromatic heterocycles. The lowest BCUT2D eigenvalue weighted by Crippen LogP contribution is -2.53. The number of fused-ring (bicyclic) bond motifs is 6. The Labute approximate surface area is 196 Å². The van der Waals surface area contributed by atoms with Crippen molar-refractivity contribution in [3.63, 3.8) is 0 Å². The van der Waals surface area contributed by atoms with Gasteiger partial charge in [-0.15, -0.1) is 11.3 Å². The second-order valence-corrected chi connectivity index (χ2v) is 9.39. The first-order valence-electron chi connectivity index (χ1n) is 11.1. The van der Waals surface area contributed by atoms with Crippen molar-refractivity contribution in [1.82, 2.24) is 4.98 Å². The van der Waals surface area contributed by atoms with E-state index in [1.54, 1.807) is 0 Å². The maximum absolute atomic E-state index is 6.67. The van der Waals surface area contributed by atoms with E-state index in [4.69, 9.17) is 4.74 Å². The number of thiophene rings is 1. The number of pyridine rings is 1. The highest BCUT2D eigenvalue weighted by atomic mass is 32.1. The summed E-state index contributed by atoms with van der Waals surface area (Å²) in [5.41, 5.74) is 4.67. The van der Waals surface area contributed by atoms with E-state index in [1.807, 2.05) is 29.7 Å². The van der Waals surface area contributed by atoms with Gasteiger partial charge in [0.25, 0.3) is 6.71 Å². The van der Waals surface area contributed by atoms with Crippen LogP contribution < -0.4 is 20.4 Å². The van der Waals surface area contributed by atoms with Crippen LogP contribution in [0.2, 0.25) is 0 Å². The van der Waals surface area contributed by atoms with E-state index >= 15 is 0 Å². The first-order valence-corrected chi connectivity index (χ1v) is 11.9. The number of nitrogens with zero attached hydrogens (tertiary/aromatic N) is 1. The molecule has 0 saturated heterocycles. The largest absolute Gasteiger partial charge is 0.457 e. The lowest BCUT2D eigenvalue weighted by atomic mass is 9.38. The molecule has 4 heteroatoms. The second-order valence-electron chi connectivity index (χ2n) is 8.34. The predicted octanol–water partition coefficient (Wildman–Crippen LogP) is 5.74. The quantitative estimate of drug-likeness (QED) is 0.321. The molecule has 6 aromatic rings. The number of ether oxygens (including phenoxy) is 1. The van der Waals surface area contributed by atoms with Gasteiger partial charge in [-0.05, 0) is 40.5 Å². The molecule has 3 heterocycles. The van der Waals surface area contributed by atoms with Crippen LogP contribution in [-0.4, -0.2) is 11.7 Å². The summed E-state index contributed by atoms with van der Waals surface area (Å²) >= 11 is 1.83. The molecule has 0 saturated carbocycles. The van der Waals surface area contributed by atoms with Crippen molar-refractivity contribution < 1.29 is 4.74 Å². The minimum Gasteiger partial charge on any atom is -0.457 e. The summed E-state index contributed by atoms with van der Waals surface area (Å²) < 4.78 is 9.15. The molecule has 0 fully saturated rings. The summed E-state index contributed by atoms with van der Waals surface area (Å²) in [7, 11) is 0. The number of aromatic nitrogens is 1. The molecule has 0 atom stereocenters. The van der Waals surface area contributed by atoms with Gasteiger partial charge in [-0.2, -0.15) is 0 Å². The Bertz CT molecular complexity index is 1640. The van der Waals surface area contributed by atoms with Gasteiger partial charge in [0.2, 0.25) is 0 Å². The van der Waals surface area contributed by atoms with E-state index in [2.05, 4.69) is 96.0 Å². The minimum absolute atomic E-state index is 0.116. The van der Waals surface area contributed by atoms with Gasteiger partial charge in [0, 0.05) is 26.6 Å². The molecule has 1 aliphatic heterocycles. The molecule has 0 amide bonds. The van der Waals surface area contributed by atoms with Gasteiger partial charge in [-0.25, -0.2) is 0 Å². The van der Waals surface area contributed by atoms with Crippen LogP contribution in [0.15, 0.2) is 109 Å². The van der Waals surface area contributed by atoms with Crippen molar-refractivity contribution >= 4 is 54.6 Å². The number of hydrogen-bond acceptors (Lipinski definition) is 3. The van der Waals surface area contributed by atoms with Crippen molar-refractivity contribution in [3.05, 3.63) is 109 Å². The third kappa shape index (κ3) is 2.84. The fraction of sp³-hybridized carbons (Fsp3) is 0. The molecule has 0 N–H and O–H groups in total. The Morgan fingerprint density at radius 2 is 1.52 bits per heavy atom. The van der Waals surface area contributed by atoms with Gasteiger partial charge in [-0.3, -0.25) is 4.98 Å². The molecule has 0 bridgehead atoms. The molecular weight excluding hydrogens is 421 g/mol. The van der Waals surface area contributed by atoms with Crippen molar-refractivity contribution in [1.29, 1.82) is 0 Å². The molecule has 154 valence electrons. The van der Waals surface area contributed by atoms with Crippen LogP contribution in [0.5, 0.6) is 11.5 Å². The van der Waals surface area contributed by atoms with Crippen LogP contribution in [0.4, 0.5) is 0 Å². The van der Waals surface area contributed by atoms with Gasteiger partial charge < -0.3 is 4.74 Å². The summed E-state index contributed by atoms with van der Waals surface area (Å²) in [5.74, 6) is 1.92. The Kier molecular flexibility index (Phi) is 4.14. The first kappa shape index (κ1) is 18.7. The Morgan fingerprint density at radius 3 is 2.39 bits per heavy atom.